The summed E-state index contributed by atoms with van der Waals surface area (Å²) in [5.41, 5.74) is 1.41. The minimum absolute atomic E-state index is 0.0707. The molecule has 23 heavy (non-hydrogen) atoms. The normalized spacial score (nSPS) is 11.9. The van der Waals surface area contributed by atoms with E-state index in [1.807, 2.05) is 6.07 Å². The number of guanidine groups is 1. The molecule has 5 nitrogen and oxygen atoms in total. The molecule has 1 rings (SSSR count). The average Bonchev–Trinajstić information content (AvgIpc) is 2.61. The van der Waals surface area contributed by atoms with Crippen LogP contribution in [0.25, 0.3) is 0 Å². The Morgan fingerprint density at radius 1 is 1.17 bits per heavy atom. The van der Waals surface area contributed by atoms with Crippen LogP contribution in [0.3, 0.4) is 0 Å². The Hall–Kier alpha value is -2.04. The van der Waals surface area contributed by atoms with Gasteiger partial charge in [-0.2, -0.15) is 0 Å². The van der Waals surface area contributed by atoms with Crippen LogP contribution in [0.5, 0.6) is 0 Å². The van der Waals surface area contributed by atoms with Crippen molar-refractivity contribution in [3.8, 4) is 0 Å². The van der Waals surface area contributed by atoms with Gasteiger partial charge < -0.3 is 15.4 Å². The van der Waals surface area contributed by atoms with Crippen LogP contribution in [-0.4, -0.2) is 39.2 Å². The van der Waals surface area contributed by atoms with E-state index in [0.29, 0.717) is 18.9 Å². The van der Waals surface area contributed by atoms with Crippen molar-refractivity contribution in [2.75, 3.05) is 27.2 Å². The van der Waals surface area contributed by atoms with Gasteiger partial charge in [0.15, 0.2) is 5.96 Å². The number of hydrogen-bond donors (Lipinski definition) is 2. The molecule has 0 aliphatic rings. The number of nitrogens with one attached hydrogen (secondary N) is 2. The number of carbonyl (C=O) groups excluding carboxylic acids is 1. The van der Waals surface area contributed by atoms with E-state index in [1.54, 1.807) is 7.05 Å². The number of ether oxygens (including phenoxy) is 1. The van der Waals surface area contributed by atoms with E-state index in [4.69, 9.17) is 0 Å². The van der Waals surface area contributed by atoms with E-state index in [9.17, 15) is 4.79 Å². The molecule has 128 valence electrons. The van der Waals surface area contributed by atoms with E-state index in [-0.39, 0.29) is 11.4 Å². The second-order valence-electron chi connectivity index (χ2n) is 5.53. The minimum atomic E-state index is -0.228. The Kier molecular flexibility index (Phi) is 8.16. The van der Waals surface area contributed by atoms with Gasteiger partial charge in [0, 0.05) is 25.6 Å². The molecule has 0 aliphatic heterocycles. The molecule has 5 heteroatoms. The monoisotopic (exact) mass is 319 g/mol. The molecular formula is C18H29N3O2. The first-order valence-electron chi connectivity index (χ1n) is 8.18. The maximum Gasteiger partial charge on any atom is 0.307 e. The zero-order chi connectivity index (χ0) is 17.1. The molecule has 0 fully saturated rings. The Balaban J connectivity index is 2.65. The van der Waals surface area contributed by atoms with Crippen LogP contribution in [0.15, 0.2) is 35.3 Å². The summed E-state index contributed by atoms with van der Waals surface area (Å²) in [6.07, 6.45) is 2.40. The molecule has 0 bridgehead atoms. The van der Waals surface area contributed by atoms with Crippen molar-refractivity contribution in [1.29, 1.82) is 0 Å². The second-order valence-corrected chi connectivity index (χ2v) is 5.53. The third-order valence-electron chi connectivity index (χ3n) is 4.41. The van der Waals surface area contributed by atoms with Gasteiger partial charge in [-0.1, -0.05) is 44.2 Å². The summed E-state index contributed by atoms with van der Waals surface area (Å²) in [5.74, 6) is 0.477. The smallest absolute Gasteiger partial charge is 0.307 e. The number of hydrogen-bond acceptors (Lipinski definition) is 3. The maximum atomic E-state index is 11.2. The highest BCUT2D eigenvalue weighted by Gasteiger charge is 2.28. The van der Waals surface area contributed by atoms with Gasteiger partial charge in [-0.05, 0) is 18.4 Å². The first kappa shape index (κ1) is 19.0. The molecule has 1 aromatic rings. The van der Waals surface area contributed by atoms with Crippen LogP contribution < -0.4 is 10.6 Å². The first-order chi connectivity index (χ1) is 11.1. The largest absolute Gasteiger partial charge is 0.469 e. The highest BCUT2D eigenvalue weighted by Crippen LogP contribution is 2.30. The van der Waals surface area contributed by atoms with Crippen molar-refractivity contribution in [3.05, 3.63) is 35.9 Å². The number of nitrogens with zero attached hydrogens (tertiary/aromatic N) is 1. The minimum Gasteiger partial charge on any atom is -0.469 e. The summed E-state index contributed by atoms with van der Waals surface area (Å²) in [4.78, 5) is 15.4. The molecule has 0 heterocycles. The van der Waals surface area contributed by atoms with E-state index in [0.717, 1.165) is 19.4 Å². The molecule has 2 N–H and O–H groups in total. The van der Waals surface area contributed by atoms with Crippen molar-refractivity contribution < 1.29 is 9.53 Å². The van der Waals surface area contributed by atoms with Crippen LogP contribution >= 0.6 is 0 Å². The lowest BCUT2D eigenvalue weighted by molar-refractivity contribution is -0.140. The number of esters is 1. The molecule has 0 saturated carbocycles. The fourth-order valence-corrected chi connectivity index (χ4v) is 2.66. The summed E-state index contributed by atoms with van der Waals surface area (Å²) in [5, 5.41) is 6.53. The van der Waals surface area contributed by atoms with Gasteiger partial charge >= 0.3 is 5.97 Å². The molecule has 0 spiro atoms. The van der Waals surface area contributed by atoms with Crippen molar-refractivity contribution in [2.45, 2.75) is 38.5 Å². The predicted octanol–water partition coefficient (Wildman–Crippen LogP) is 2.47. The van der Waals surface area contributed by atoms with Crippen LogP contribution in [-0.2, 0) is 14.9 Å². The van der Waals surface area contributed by atoms with Gasteiger partial charge in [0.05, 0.1) is 13.5 Å². The Morgan fingerprint density at radius 2 is 1.83 bits per heavy atom. The van der Waals surface area contributed by atoms with Crippen molar-refractivity contribution >= 4 is 11.9 Å². The Morgan fingerprint density at radius 3 is 2.35 bits per heavy atom. The molecule has 0 radical (unpaired) electrons. The average molecular weight is 319 g/mol. The van der Waals surface area contributed by atoms with Crippen molar-refractivity contribution in [2.24, 2.45) is 4.99 Å². The van der Waals surface area contributed by atoms with E-state index >= 15 is 0 Å². The van der Waals surface area contributed by atoms with Crippen molar-refractivity contribution in [1.82, 2.24) is 10.6 Å². The lowest BCUT2D eigenvalue weighted by Gasteiger charge is -2.33. The Bertz CT molecular complexity index is 496. The summed E-state index contributed by atoms with van der Waals surface area (Å²) >= 11 is 0. The SMILES string of the molecule is CCC(CC)(CNC(=NC)NCCC(=O)OC)c1ccccc1. The van der Waals surface area contributed by atoms with Crippen LogP contribution in [0.1, 0.15) is 38.7 Å². The first-order valence-corrected chi connectivity index (χ1v) is 8.18. The fourth-order valence-electron chi connectivity index (χ4n) is 2.66. The number of rotatable bonds is 8. The molecule has 1 aromatic carbocycles. The van der Waals surface area contributed by atoms with E-state index < -0.39 is 0 Å². The van der Waals surface area contributed by atoms with E-state index in [1.165, 1.54) is 12.7 Å². The van der Waals surface area contributed by atoms with Crippen LogP contribution in [0.2, 0.25) is 0 Å². The molecule has 0 amide bonds. The number of benzene rings is 1. The quantitative estimate of drug-likeness (QED) is 0.439. The fraction of sp³-hybridized carbons (Fsp3) is 0.556. The molecule has 0 aromatic heterocycles. The highest BCUT2D eigenvalue weighted by atomic mass is 16.5. The molecular weight excluding hydrogens is 290 g/mol. The molecule has 0 unspecified atom stereocenters. The van der Waals surface area contributed by atoms with E-state index in [2.05, 4.69) is 58.5 Å². The number of aliphatic imine (C=N–C) groups is 1. The topological polar surface area (TPSA) is 62.7 Å². The lowest BCUT2D eigenvalue weighted by atomic mass is 9.76. The number of methoxy groups -OCH3 is 1. The molecule has 0 atom stereocenters. The van der Waals surface area contributed by atoms with Gasteiger partial charge in [-0.15, -0.1) is 0 Å². The lowest BCUT2D eigenvalue weighted by Crippen LogP contribution is -2.45. The van der Waals surface area contributed by atoms with Crippen LogP contribution in [0, 0.1) is 0 Å². The third-order valence-corrected chi connectivity index (χ3v) is 4.41. The summed E-state index contributed by atoms with van der Waals surface area (Å²) in [6.45, 7) is 5.72. The summed E-state index contributed by atoms with van der Waals surface area (Å²) < 4.78 is 4.63. The van der Waals surface area contributed by atoms with Gasteiger partial charge in [0.2, 0.25) is 0 Å². The summed E-state index contributed by atoms with van der Waals surface area (Å²) in [7, 11) is 3.13. The van der Waals surface area contributed by atoms with Gasteiger partial charge in [-0.3, -0.25) is 9.79 Å². The zero-order valence-corrected chi connectivity index (χ0v) is 14.7. The summed E-state index contributed by atoms with van der Waals surface area (Å²) in [6, 6.07) is 10.6. The van der Waals surface area contributed by atoms with Crippen molar-refractivity contribution in [3.63, 3.8) is 0 Å². The molecule has 0 saturated heterocycles. The third kappa shape index (κ3) is 5.58. The number of carbonyl (C=O) groups is 1. The predicted molar refractivity (Wildman–Crippen MR) is 94.7 cm³/mol. The highest BCUT2D eigenvalue weighted by molar-refractivity contribution is 5.80. The van der Waals surface area contributed by atoms with Gasteiger partial charge in [0.1, 0.15) is 0 Å². The Labute approximate surface area is 139 Å². The van der Waals surface area contributed by atoms with Gasteiger partial charge in [0.25, 0.3) is 0 Å². The second kappa shape index (κ2) is 9.87. The standard InChI is InChI=1S/C18H29N3O2/c1-5-18(6-2,15-10-8-7-9-11-15)14-21-17(19-3)20-13-12-16(22)23-4/h7-11H,5-6,12-14H2,1-4H3,(H2,19,20,21). The van der Waals surface area contributed by atoms with Gasteiger partial charge in [-0.25, -0.2) is 0 Å². The molecule has 0 aliphatic carbocycles. The van der Waals surface area contributed by atoms with Crippen LogP contribution in [0.4, 0.5) is 0 Å². The zero-order valence-electron chi connectivity index (χ0n) is 14.7. The maximum absolute atomic E-state index is 11.2.